The molecular weight excluding hydrogens is 484 g/mol. The number of aliphatic hydroxyl groups is 1. The number of ether oxygens (including phenoxy) is 1. The molecule has 2 aliphatic rings. The Morgan fingerprint density at radius 2 is 1.92 bits per heavy atom. The summed E-state index contributed by atoms with van der Waals surface area (Å²) in [7, 11) is 0. The molecule has 0 spiro atoms. The molecule has 0 radical (unpaired) electrons. The Hall–Kier alpha value is -3.11. The molecule has 2 saturated heterocycles. The number of rotatable bonds is 8. The Kier molecular flexibility index (Phi) is 8.08. The van der Waals surface area contributed by atoms with Gasteiger partial charge >= 0.3 is 5.97 Å². The molecule has 200 valence electrons. The molecule has 2 aliphatic heterocycles. The average Bonchev–Trinajstić information content (AvgIpc) is 3.24. The Labute approximate surface area is 214 Å². The number of carbonyl (C=O) groups excluding carboxylic acids is 1. The van der Waals surface area contributed by atoms with Gasteiger partial charge in [0.2, 0.25) is 0 Å². The molecule has 3 heterocycles. The number of amides is 1. The molecule has 2 fully saturated rings. The van der Waals surface area contributed by atoms with Crippen LogP contribution in [0.25, 0.3) is 11.3 Å². The van der Waals surface area contributed by atoms with Crippen molar-refractivity contribution < 1.29 is 33.3 Å². The lowest BCUT2D eigenvalue weighted by Gasteiger charge is -2.34. The van der Waals surface area contributed by atoms with Gasteiger partial charge in [-0.2, -0.15) is 0 Å². The SMILES string of the molecule is CC(C)(F)CN1CCC(COc2ccc(-c3ccc(C(=O)N4CC(O)CC4C(=O)O)c(F)c3)nc2)CC1. The first-order chi connectivity index (χ1) is 17.5. The topological polar surface area (TPSA) is 103 Å². The molecule has 4 rings (SSSR count). The van der Waals surface area contributed by atoms with Crippen molar-refractivity contribution in [1.29, 1.82) is 0 Å². The van der Waals surface area contributed by atoms with Crippen molar-refractivity contribution in [3.63, 3.8) is 0 Å². The zero-order valence-electron chi connectivity index (χ0n) is 21.1. The smallest absolute Gasteiger partial charge is 0.326 e. The third kappa shape index (κ3) is 6.81. The monoisotopic (exact) mass is 517 g/mol. The number of carboxylic acids is 1. The van der Waals surface area contributed by atoms with Crippen LogP contribution in [0.3, 0.4) is 0 Å². The molecule has 1 aromatic carbocycles. The zero-order chi connectivity index (χ0) is 26.7. The van der Waals surface area contributed by atoms with Gasteiger partial charge in [-0.25, -0.2) is 13.6 Å². The fourth-order valence-electron chi connectivity index (χ4n) is 4.97. The predicted molar refractivity (Wildman–Crippen MR) is 133 cm³/mol. The van der Waals surface area contributed by atoms with Gasteiger partial charge in [-0.15, -0.1) is 0 Å². The van der Waals surface area contributed by atoms with Crippen LogP contribution in [0.15, 0.2) is 36.5 Å². The molecule has 2 atom stereocenters. The Bertz CT molecular complexity index is 1110. The summed E-state index contributed by atoms with van der Waals surface area (Å²) in [4.78, 5) is 31.7. The molecule has 37 heavy (non-hydrogen) atoms. The highest BCUT2D eigenvalue weighted by Gasteiger charge is 2.40. The van der Waals surface area contributed by atoms with E-state index in [1.807, 2.05) is 0 Å². The lowest BCUT2D eigenvalue weighted by molar-refractivity contribution is -0.141. The van der Waals surface area contributed by atoms with Crippen molar-refractivity contribution in [3.05, 3.63) is 47.9 Å². The van der Waals surface area contributed by atoms with Crippen LogP contribution in [0.4, 0.5) is 8.78 Å². The maximum absolute atomic E-state index is 14.9. The average molecular weight is 518 g/mol. The number of benzene rings is 1. The van der Waals surface area contributed by atoms with Gasteiger partial charge in [0.05, 0.1) is 30.2 Å². The molecular formula is C27H33F2N3O5. The number of hydrogen-bond acceptors (Lipinski definition) is 6. The number of aliphatic hydroxyl groups excluding tert-OH is 1. The van der Waals surface area contributed by atoms with E-state index in [1.54, 1.807) is 38.2 Å². The normalized spacial score (nSPS) is 21.3. The van der Waals surface area contributed by atoms with Crippen LogP contribution >= 0.6 is 0 Å². The molecule has 0 saturated carbocycles. The minimum absolute atomic E-state index is 0.0875. The lowest BCUT2D eigenvalue weighted by atomic mass is 9.97. The van der Waals surface area contributed by atoms with Crippen LogP contribution < -0.4 is 4.74 Å². The zero-order valence-corrected chi connectivity index (χ0v) is 21.1. The van der Waals surface area contributed by atoms with E-state index in [4.69, 9.17) is 4.74 Å². The third-order valence-electron chi connectivity index (χ3n) is 6.85. The second kappa shape index (κ2) is 11.1. The fourth-order valence-corrected chi connectivity index (χ4v) is 4.97. The summed E-state index contributed by atoms with van der Waals surface area (Å²) in [5.41, 5.74) is -0.506. The molecule has 2 aromatic rings. The number of likely N-dealkylation sites (tertiary alicyclic amines) is 2. The number of β-amino-alcohol motifs (C(OH)–C–C–N with tert-alkyl or cyclic N) is 1. The summed E-state index contributed by atoms with van der Waals surface area (Å²) in [6.07, 6.45) is 2.40. The first-order valence-electron chi connectivity index (χ1n) is 12.5. The molecule has 2 unspecified atom stereocenters. The summed E-state index contributed by atoms with van der Waals surface area (Å²) >= 11 is 0. The summed E-state index contributed by atoms with van der Waals surface area (Å²) in [5, 5.41) is 19.1. The Balaban J connectivity index is 1.33. The number of hydrogen-bond donors (Lipinski definition) is 2. The van der Waals surface area contributed by atoms with Crippen LogP contribution in [0, 0.1) is 11.7 Å². The number of aromatic nitrogens is 1. The van der Waals surface area contributed by atoms with Gasteiger partial charge in [0.15, 0.2) is 0 Å². The first kappa shape index (κ1) is 26.9. The van der Waals surface area contributed by atoms with Gasteiger partial charge in [-0.1, -0.05) is 6.07 Å². The van der Waals surface area contributed by atoms with Crippen LogP contribution in [0.5, 0.6) is 5.75 Å². The summed E-state index contributed by atoms with van der Waals surface area (Å²) in [5.74, 6) is -1.83. The van der Waals surface area contributed by atoms with Gasteiger partial charge in [0, 0.05) is 25.1 Å². The van der Waals surface area contributed by atoms with Crippen molar-refractivity contribution in [2.24, 2.45) is 5.92 Å². The third-order valence-corrected chi connectivity index (χ3v) is 6.85. The van der Waals surface area contributed by atoms with Crippen molar-refractivity contribution >= 4 is 11.9 Å². The number of nitrogens with zero attached hydrogens (tertiary/aromatic N) is 3. The van der Waals surface area contributed by atoms with Crippen molar-refractivity contribution in [2.75, 3.05) is 32.8 Å². The largest absolute Gasteiger partial charge is 0.492 e. The second-order valence-electron chi connectivity index (χ2n) is 10.5. The molecule has 0 bridgehead atoms. The van der Waals surface area contributed by atoms with E-state index in [0.717, 1.165) is 30.8 Å². The second-order valence-corrected chi connectivity index (χ2v) is 10.5. The summed E-state index contributed by atoms with van der Waals surface area (Å²) < 4.78 is 34.6. The highest BCUT2D eigenvalue weighted by Crippen LogP contribution is 2.27. The van der Waals surface area contributed by atoms with Crippen LogP contribution in [-0.4, -0.2) is 87.5 Å². The fraction of sp³-hybridized carbons (Fsp3) is 0.519. The maximum Gasteiger partial charge on any atom is 0.326 e. The van der Waals surface area contributed by atoms with E-state index in [0.29, 0.717) is 36.1 Å². The molecule has 1 amide bonds. The first-order valence-corrected chi connectivity index (χ1v) is 12.5. The van der Waals surface area contributed by atoms with Crippen LogP contribution in [0.1, 0.15) is 43.5 Å². The summed E-state index contributed by atoms with van der Waals surface area (Å²) in [6, 6.07) is 6.31. The molecule has 1 aromatic heterocycles. The summed E-state index contributed by atoms with van der Waals surface area (Å²) in [6.45, 7) is 5.70. The number of carbonyl (C=O) groups is 2. The number of carboxylic acid groups (broad SMARTS) is 1. The number of piperidine rings is 1. The van der Waals surface area contributed by atoms with E-state index in [2.05, 4.69) is 9.88 Å². The standard InChI is InChI=1S/C27H33F2N3O5/c1-27(2,29)16-31-9-7-17(8-10-31)15-37-20-4-6-23(30-13-20)18-3-5-21(22(28)11-18)25(34)32-14-19(33)12-24(32)26(35)36/h3-6,11,13,17,19,24,33H,7-10,12,14-16H2,1-2H3,(H,35,36). The minimum atomic E-state index is -1.24. The van der Waals surface area contributed by atoms with E-state index < -0.39 is 35.5 Å². The number of pyridine rings is 1. The van der Waals surface area contributed by atoms with Gasteiger partial charge in [0.1, 0.15) is 23.3 Å². The molecule has 0 aliphatic carbocycles. The minimum Gasteiger partial charge on any atom is -0.492 e. The van der Waals surface area contributed by atoms with Crippen LogP contribution in [-0.2, 0) is 4.79 Å². The van der Waals surface area contributed by atoms with E-state index in [9.17, 15) is 28.6 Å². The van der Waals surface area contributed by atoms with Gasteiger partial charge < -0.3 is 24.7 Å². The number of halogens is 2. The van der Waals surface area contributed by atoms with E-state index in [-0.39, 0.29) is 18.5 Å². The highest BCUT2D eigenvalue weighted by molar-refractivity contribution is 5.97. The highest BCUT2D eigenvalue weighted by atomic mass is 19.1. The van der Waals surface area contributed by atoms with Crippen molar-refractivity contribution in [3.8, 4) is 17.0 Å². The predicted octanol–water partition coefficient (Wildman–Crippen LogP) is 3.39. The van der Waals surface area contributed by atoms with Crippen LogP contribution in [0.2, 0.25) is 0 Å². The molecule has 2 N–H and O–H groups in total. The molecule has 10 heteroatoms. The van der Waals surface area contributed by atoms with Gasteiger partial charge in [0.25, 0.3) is 5.91 Å². The van der Waals surface area contributed by atoms with E-state index >= 15 is 0 Å². The number of aliphatic carboxylic acids is 1. The Morgan fingerprint density at radius 1 is 1.19 bits per heavy atom. The Morgan fingerprint density at radius 3 is 2.51 bits per heavy atom. The van der Waals surface area contributed by atoms with E-state index in [1.165, 1.54) is 12.1 Å². The van der Waals surface area contributed by atoms with Gasteiger partial charge in [-0.05, 0) is 70.0 Å². The maximum atomic E-state index is 14.9. The molecule has 8 nitrogen and oxygen atoms in total. The number of alkyl halides is 1. The van der Waals surface area contributed by atoms with Gasteiger partial charge in [-0.3, -0.25) is 9.78 Å². The lowest BCUT2D eigenvalue weighted by Crippen LogP contribution is -2.41. The quantitative estimate of drug-likeness (QED) is 0.553. The van der Waals surface area contributed by atoms with Crippen molar-refractivity contribution in [2.45, 2.75) is 50.9 Å². The van der Waals surface area contributed by atoms with Crippen molar-refractivity contribution in [1.82, 2.24) is 14.8 Å².